The van der Waals surface area contributed by atoms with Crippen LogP contribution in [0.4, 0.5) is 13.2 Å². The van der Waals surface area contributed by atoms with Gasteiger partial charge in [0, 0.05) is 13.0 Å². The molecule has 0 heterocycles. The lowest BCUT2D eigenvalue weighted by Crippen LogP contribution is -2.59. The third-order valence-electron chi connectivity index (χ3n) is 6.98. The van der Waals surface area contributed by atoms with E-state index in [2.05, 4.69) is 26.3 Å². The highest BCUT2D eigenvalue weighted by Crippen LogP contribution is 2.13. The minimum absolute atomic E-state index is 0.0192. The molecule has 0 radical (unpaired) electrons. The fraction of sp³-hybridized carbons (Fsp3) is 0.594. The van der Waals surface area contributed by atoms with Gasteiger partial charge in [-0.25, -0.2) is 4.79 Å². The fourth-order valence-electron chi connectivity index (χ4n) is 4.43. The van der Waals surface area contributed by atoms with E-state index in [1.807, 2.05) is 33.8 Å². The lowest BCUT2D eigenvalue weighted by atomic mass is 9.98. The molecule has 1 rings (SSSR count). The molecule has 0 bridgehead atoms. The highest BCUT2D eigenvalue weighted by molar-refractivity contribution is 5.95. The van der Waals surface area contributed by atoms with Gasteiger partial charge in [-0.1, -0.05) is 58.0 Å². The quantitative estimate of drug-likeness (QED) is 0.0427. The minimum Gasteiger partial charge on any atom is -0.475 e. The van der Waals surface area contributed by atoms with Crippen molar-refractivity contribution < 1.29 is 52.2 Å². The van der Waals surface area contributed by atoms with Crippen molar-refractivity contribution in [1.29, 1.82) is 0 Å². The molecular formula is C32H52F3N9O8. The summed E-state index contributed by atoms with van der Waals surface area (Å²) in [6.07, 6.45) is -3.96. The molecular weight excluding hydrogens is 695 g/mol. The Kier molecular flexibility index (Phi) is 21.2. The topological polar surface area (TPSA) is 307 Å². The number of amides is 5. The zero-order valence-electron chi connectivity index (χ0n) is 29.6. The summed E-state index contributed by atoms with van der Waals surface area (Å²) in [6, 6.07) is 3.49. The van der Waals surface area contributed by atoms with Crippen LogP contribution in [0.1, 0.15) is 58.9 Å². The number of benzene rings is 1. The molecule has 0 fully saturated rings. The second-order valence-electron chi connectivity index (χ2n) is 12.6. The Balaban J connectivity index is 0.00000335. The third-order valence-corrected chi connectivity index (χ3v) is 6.98. The number of carbonyl (C=O) groups is 6. The number of rotatable bonds is 20. The molecule has 0 aliphatic carbocycles. The number of aliphatic hydroxyl groups excluding tert-OH is 1. The van der Waals surface area contributed by atoms with E-state index in [4.69, 9.17) is 32.8 Å². The van der Waals surface area contributed by atoms with Gasteiger partial charge in [0.05, 0.1) is 6.61 Å². The first-order valence-electron chi connectivity index (χ1n) is 16.4. The van der Waals surface area contributed by atoms with Gasteiger partial charge in [-0.2, -0.15) is 13.2 Å². The van der Waals surface area contributed by atoms with Crippen LogP contribution in [0.15, 0.2) is 35.3 Å². The van der Waals surface area contributed by atoms with Gasteiger partial charge in [-0.3, -0.25) is 29.0 Å². The highest BCUT2D eigenvalue weighted by atomic mass is 19.4. The molecule has 14 N–H and O–H groups in total. The second-order valence-corrected chi connectivity index (χ2v) is 12.6. The lowest BCUT2D eigenvalue weighted by molar-refractivity contribution is -0.192. The lowest BCUT2D eigenvalue weighted by Gasteiger charge is -2.28. The van der Waals surface area contributed by atoms with Gasteiger partial charge in [0.2, 0.25) is 29.5 Å². The van der Waals surface area contributed by atoms with E-state index in [1.165, 1.54) is 0 Å². The predicted molar refractivity (Wildman–Crippen MR) is 185 cm³/mol. The number of aliphatic carboxylic acids is 1. The van der Waals surface area contributed by atoms with Crippen LogP contribution >= 0.6 is 0 Å². The number of guanidine groups is 1. The highest BCUT2D eigenvalue weighted by Gasteiger charge is 2.38. The standard InChI is InChI=1S/C30H51N9O6.C2HF3O2/c1-17(2)13-22(27(43)36-21(25(32)41)11-8-12-35-30(33)34)38-28(44)23(14-18(3)4)39-29(45)24(37-26(42)20(31)16-40)15-19-9-6-5-7-10-19;3-2(4,5)1(6)7/h5-7,9-10,17-18,20-24,40H,8,11-16,31H2,1-4H3,(H2,32,41)(H,36,43)(H,37,42)(H,38,44)(H,39,45)(H4,33,34,35);(H,6,7)/t20-,21-,22-,23-,24-;/m0./s1. The third kappa shape index (κ3) is 20.0. The molecule has 0 aromatic heterocycles. The van der Waals surface area contributed by atoms with Crippen molar-refractivity contribution >= 4 is 41.5 Å². The van der Waals surface area contributed by atoms with Crippen LogP contribution in [0.25, 0.3) is 0 Å². The van der Waals surface area contributed by atoms with Gasteiger partial charge >= 0.3 is 12.1 Å². The molecule has 0 aliphatic rings. The van der Waals surface area contributed by atoms with Crippen LogP contribution in [0.2, 0.25) is 0 Å². The molecule has 294 valence electrons. The van der Waals surface area contributed by atoms with E-state index >= 15 is 0 Å². The van der Waals surface area contributed by atoms with E-state index in [1.54, 1.807) is 24.3 Å². The Morgan fingerprint density at radius 3 is 1.56 bits per heavy atom. The fourth-order valence-corrected chi connectivity index (χ4v) is 4.43. The second kappa shape index (κ2) is 23.5. The summed E-state index contributed by atoms with van der Waals surface area (Å²) in [5.74, 6) is -6.25. The van der Waals surface area contributed by atoms with Crippen molar-refractivity contribution in [3.8, 4) is 0 Å². The number of alkyl halides is 3. The monoisotopic (exact) mass is 747 g/mol. The summed E-state index contributed by atoms with van der Waals surface area (Å²) in [4.78, 5) is 77.7. The van der Waals surface area contributed by atoms with E-state index in [0.29, 0.717) is 6.42 Å². The molecule has 0 saturated carbocycles. The zero-order chi connectivity index (χ0) is 40.2. The Morgan fingerprint density at radius 2 is 1.17 bits per heavy atom. The smallest absolute Gasteiger partial charge is 0.475 e. The summed E-state index contributed by atoms with van der Waals surface area (Å²) in [6.45, 7) is 7.10. The number of aliphatic imine (C=N–C) groups is 1. The number of carboxylic acid groups (broad SMARTS) is 1. The van der Waals surface area contributed by atoms with Crippen molar-refractivity contribution in [2.24, 2.45) is 39.8 Å². The number of aliphatic hydroxyl groups is 1. The largest absolute Gasteiger partial charge is 0.490 e. The molecule has 20 heteroatoms. The van der Waals surface area contributed by atoms with Crippen molar-refractivity contribution in [3.05, 3.63) is 35.9 Å². The number of nitrogens with one attached hydrogen (secondary N) is 4. The van der Waals surface area contributed by atoms with Crippen molar-refractivity contribution in [2.75, 3.05) is 13.2 Å². The van der Waals surface area contributed by atoms with Crippen LogP contribution in [0, 0.1) is 11.8 Å². The summed E-state index contributed by atoms with van der Waals surface area (Å²) >= 11 is 0. The summed E-state index contributed by atoms with van der Waals surface area (Å²) in [7, 11) is 0. The van der Waals surface area contributed by atoms with Crippen LogP contribution in [0.3, 0.4) is 0 Å². The number of hydrogen-bond donors (Lipinski definition) is 10. The SMILES string of the molecule is CC(C)C[C@H](NC(=O)[C@H](CC(C)C)NC(=O)[C@H](Cc1ccccc1)NC(=O)[C@@H](N)CO)C(=O)N[C@@H](CCCN=C(N)N)C(N)=O.O=C(O)C(F)(F)F. The molecule has 5 atom stereocenters. The number of nitrogens with zero attached hydrogens (tertiary/aromatic N) is 1. The van der Waals surface area contributed by atoms with Gasteiger partial charge in [-0.05, 0) is 43.1 Å². The molecule has 52 heavy (non-hydrogen) atoms. The van der Waals surface area contributed by atoms with E-state index < -0.39 is 78.5 Å². The van der Waals surface area contributed by atoms with Gasteiger partial charge in [0.25, 0.3) is 0 Å². The van der Waals surface area contributed by atoms with E-state index in [9.17, 15) is 42.3 Å². The molecule has 1 aromatic rings. The molecule has 0 saturated heterocycles. The Bertz CT molecular complexity index is 1340. The Hall–Kier alpha value is -4.98. The van der Waals surface area contributed by atoms with E-state index in [-0.39, 0.29) is 50.0 Å². The van der Waals surface area contributed by atoms with Crippen LogP contribution < -0.4 is 44.2 Å². The summed E-state index contributed by atoms with van der Waals surface area (Å²) in [5.41, 5.74) is 22.6. The first-order valence-corrected chi connectivity index (χ1v) is 16.4. The molecule has 0 unspecified atom stereocenters. The van der Waals surface area contributed by atoms with Gasteiger partial charge in [0.1, 0.15) is 30.2 Å². The Labute approximate surface area is 299 Å². The van der Waals surface area contributed by atoms with Crippen LogP contribution in [-0.2, 0) is 35.2 Å². The first-order chi connectivity index (χ1) is 24.1. The van der Waals surface area contributed by atoms with E-state index in [0.717, 1.165) is 5.56 Å². The normalized spacial score (nSPS) is 14.0. The number of halogens is 3. The average molecular weight is 748 g/mol. The Morgan fingerprint density at radius 1 is 0.750 bits per heavy atom. The van der Waals surface area contributed by atoms with Gasteiger partial charge in [-0.15, -0.1) is 0 Å². The number of hydrogen-bond acceptors (Lipinski definition) is 9. The van der Waals surface area contributed by atoms with Crippen molar-refractivity contribution in [3.63, 3.8) is 0 Å². The maximum absolute atomic E-state index is 13.6. The predicted octanol–water partition coefficient (Wildman–Crippen LogP) is -1.25. The molecule has 0 aliphatic heterocycles. The number of primary amides is 1. The number of nitrogens with two attached hydrogens (primary N) is 4. The molecule has 5 amide bonds. The maximum Gasteiger partial charge on any atom is 0.490 e. The van der Waals surface area contributed by atoms with Crippen molar-refractivity contribution in [1.82, 2.24) is 21.3 Å². The van der Waals surface area contributed by atoms with Gasteiger partial charge < -0.3 is 54.4 Å². The summed E-state index contributed by atoms with van der Waals surface area (Å²) in [5, 5.41) is 27.1. The first kappa shape index (κ1) is 47.0. The van der Waals surface area contributed by atoms with Gasteiger partial charge in [0.15, 0.2) is 5.96 Å². The summed E-state index contributed by atoms with van der Waals surface area (Å²) < 4.78 is 31.7. The van der Waals surface area contributed by atoms with Crippen LogP contribution in [0.5, 0.6) is 0 Å². The van der Waals surface area contributed by atoms with Crippen LogP contribution in [-0.4, -0.2) is 101 Å². The number of carbonyl (C=O) groups excluding carboxylic acids is 5. The van der Waals surface area contributed by atoms with Crippen molar-refractivity contribution in [2.45, 2.75) is 96.2 Å². The minimum atomic E-state index is -5.08. The molecule has 0 spiro atoms. The molecule has 17 nitrogen and oxygen atoms in total. The molecule has 1 aromatic carbocycles. The maximum atomic E-state index is 13.6. The number of carboxylic acids is 1. The zero-order valence-corrected chi connectivity index (χ0v) is 29.6. The average Bonchev–Trinajstić information content (AvgIpc) is 3.04.